The number of rotatable bonds is 27. The van der Waals surface area contributed by atoms with Crippen LogP contribution in [0.25, 0.3) is 22.2 Å². The summed E-state index contributed by atoms with van der Waals surface area (Å²) in [6.45, 7) is 13.2. The van der Waals surface area contributed by atoms with Crippen molar-refractivity contribution in [3.63, 3.8) is 0 Å². The number of nitrogens with two attached hydrogens (primary N) is 2. The Morgan fingerprint density at radius 3 is 2.24 bits per heavy atom. The number of piperidine rings is 1. The predicted octanol–water partition coefficient (Wildman–Crippen LogP) is 6.15. The number of allylic oxidation sites excluding steroid dienone is 6. The van der Waals surface area contributed by atoms with Crippen LogP contribution in [-0.4, -0.2) is 269 Å². The fourth-order valence-electron chi connectivity index (χ4n) is 16.4. The molecule has 0 spiro atoms. The molecule has 6 aromatic rings. The zero-order valence-corrected chi connectivity index (χ0v) is 71.2. The number of anilines is 4. The quantitative estimate of drug-likeness (QED) is 0.00904. The number of aromatic hydroxyl groups is 1. The Balaban J connectivity index is 0.608. The van der Waals surface area contributed by atoms with Crippen molar-refractivity contribution in [2.24, 2.45) is 29.4 Å². The second-order valence-corrected chi connectivity index (χ2v) is 32.7. The number of cyclic esters (lactones) is 1. The van der Waals surface area contributed by atoms with Gasteiger partial charge in [-0.2, -0.15) is 0 Å². The molecule has 1 unspecified atom stereocenters. The number of ketones is 3. The Hall–Kier alpha value is -10.7. The van der Waals surface area contributed by atoms with Crippen LogP contribution < -0.4 is 37.2 Å². The van der Waals surface area contributed by atoms with Gasteiger partial charge < -0.3 is 95.9 Å². The van der Waals surface area contributed by atoms with E-state index in [0.717, 1.165) is 21.4 Å². The predicted molar refractivity (Wildman–Crippen MR) is 457 cm³/mol. The molecular formula is C87H119N19O17. The topological polar surface area (TPSA) is 501 Å². The lowest BCUT2D eigenvalue weighted by Crippen LogP contribution is -2.58. The van der Waals surface area contributed by atoms with Crippen molar-refractivity contribution >= 4 is 81.2 Å². The molecule has 5 aromatic heterocycles. The van der Waals surface area contributed by atoms with Gasteiger partial charge in [-0.15, -0.1) is 5.10 Å². The number of fused-ring (bicyclic) bond motifs is 4. The maximum Gasteiger partial charge on any atom is 0.329 e. The fraction of sp³-hybridized carbons (Fsp3) is 0.563. The van der Waals surface area contributed by atoms with Crippen LogP contribution in [-0.2, 0) is 57.2 Å². The third-order valence-electron chi connectivity index (χ3n) is 23.6. The van der Waals surface area contributed by atoms with Crippen molar-refractivity contribution in [2.45, 2.75) is 198 Å². The van der Waals surface area contributed by atoms with E-state index in [-0.39, 0.29) is 137 Å². The monoisotopic (exact) mass is 1700 g/mol. The minimum absolute atomic E-state index is 0.0110. The van der Waals surface area contributed by atoms with E-state index in [1.54, 1.807) is 69.4 Å². The Morgan fingerprint density at radius 1 is 0.780 bits per heavy atom. The lowest BCUT2D eigenvalue weighted by molar-refractivity contribution is -0.245. The highest BCUT2D eigenvalue weighted by molar-refractivity contribution is 6.39. The first-order valence-electron chi connectivity index (χ1n) is 42.6. The lowest BCUT2D eigenvalue weighted by Gasteiger charge is -2.40. The lowest BCUT2D eigenvalue weighted by atomic mass is 9.79. The van der Waals surface area contributed by atoms with Crippen molar-refractivity contribution in [1.82, 2.24) is 65.4 Å². The minimum atomic E-state index is -2.47. The van der Waals surface area contributed by atoms with Crippen molar-refractivity contribution in [3.8, 4) is 17.0 Å². The maximum absolute atomic E-state index is 14.7. The Bertz CT molecular complexity index is 4720. The Morgan fingerprint density at radius 2 is 1.50 bits per heavy atom. The third-order valence-corrected chi connectivity index (χ3v) is 23.6. The number of benzene rings is 1. The van der Waals surface area contributed by atoms with Gasteiger partial charge in [0, 0.05) is 151 Å². The number of methoxy groups -OCH3 is 2. The van der Waals surface area contributed by atoms with E-state index in [0.29, 0.717) is 149 Å². The van der Waals surface area contributed by atoms with Gasteiger partial charge in [-0.1, -0.05) is 62.4 Å². The second-order valence-electron chi connectivity index (χ2n) is 32.7. The number of unbranched alkanes of at least 4 members (excludes halogenated alkanes) is 1. The molecule has 14 atom stereocenters. The molecule has 1 aliphatic carbocycles. The number of aliphatic hydroxyl groups is 3. The summed E-state index contributed by atoms with van der Waals surface area (Å²) in [4.78, 5) is 132. The van der Waals surface area contributed by atoms with E-state index in [9.17, 15) is 54.0 Å². The van der Waals surface area contributed by atoms with Gasteiger partial charge in [-0.3, -0.25) is 34.2 Å². The fourth-order valence-corrected chi connectivity index (χ4v) is 16.4. The van der Waals surface area contributed by atoms with E-state index >= 15 is 0 Å². The van der Waals surface area contributed by atoms with Crippen LogP contribution in [0.2, 0.25) is 0 Å². The summed E-state index contributed by atoms with van der Waals surface area (Å²) in [6, 6.07) is 4.22. The normalized spacial score (nSPS) is 26.9. The van der Waals surface area contributed by atoms with Gasteiger partial charge in [0.1, 0.15) is 59.5 Å². The first kappa shape index (κ1) is 93.0. The summed E-state index contributed by atoms with van der Waals surface area (Å²) in [5.41, 5.74) is 17.5. The Labute approximate surface area is 715 Å². The van der Waals surface area contributed by atoms with Gasteiger partial charge in [-0.05, 0) is 138 Å². The first-order valence-corrected chi connectivity index (χ1v) is 42.6. The molecule has 4 aliphatic heterocycles. The van der Waals surface area contributed by atoms with Gasteiger partial charge in [0.2, 0.25) is 23.6 Å². The molecule has 664 valence electrons. The molecule has 5 aliphatic rings. The summed E-state index contributed by atoms with van der Waals surface area (Å²) in [5, 5.41) is 71.9. The summed E-state index contributed by atoms with van der Waals surface area (Å²) >= 11 is 0. The van der Waals surface area contributed by atoms with E-state index in [1.807, 2.05) is 55.3 Å². The van der Waals surface area contributed by atoms with Crippen LogP contribution in [0, 0.1) is 29.1 Å². The van der Waals surface area contributed by atoms with Crippen LogP contribution in [0.5, 0.6) is 5.75 Å². The van der Waals surface area contributed by atoms with Gasteiger partial charge in [0.25, 0.3) is 17.6 Å². The number of Topliss-reactive ketones (excluding diaryl/α,β-unsaturated/α-hetero) is 3. The number of carbonyl (C=O) groups is 7. The molecule has 3 amide bonds. The molecule has 2 bridgehead atoms. The number of aromatic nitrogens is 10. The number of amides is 3. The van der Waals surface area contributed by atoms with E-state index < -0.39 is 89.5 Å². The van der Waals surface area contributed by atoms with E-state index in [2.05, 4.69) is 56.1 Å². The molecule has 123 heavy (non-hydrogen) atoms. The van der Waals surface area contributed by atoms with E-state index in [4.69, 9.17) is 55.3 Å². The number of hydrogen-bond acceptors (Lipinski definition) is 31. The van der Waals surface area contributed by atoms with Gasteiger partial charge >= 0.3 is 5.97 Å². The van der Waals surface area contributed by atoms with Crippen molar-refractivity contribution < 1.29 is 82.4 Å². The van der Waals surface area contributed by atoms with Crippen LogP contribution in [0.3, 0.4) is 0 Å². The van der Waals surface area contributed by atoms with Crippen LogP contribution in [0.1, 0.15) is 165 Å². The van der Waals surface area contributed by atoms with Crippen molar-refractivity contribution in [2.75, 3.05) is 114 Å². The summed E-state index contributed by atoms with van der Waals surface area (Å²) in [5.74, 6) is -7.12. The highest BCUT2D eigenvalue weighted by Crippen LogP contribution is 2.39. The molecule has 13 N–H and O–H groups in total. The zero-order chi connectivity index (χ0) is 87.9. The molecule has 4 fully saturated rings. The average Bonchev–Trinajstić information content (AvgIpc) is 1.79. The summed E-state index contributed by atoms with van der Waals surface area (Å²) in [7, 11) is 3.17. The molecule has 36 nitrogen and oxygen atoms in total. The average molecular weight is 1700 g/mol. The number of esters is 1. The Kier molecular flexibility index (Phi) is 33.7. The number of phenolic OH excluding ortho intramolecular Hbond substituents is 1. The molecule has 1 saturated carbocycles. The number of H-pyrrole nitrogens is 1. The number of nitrogens with one attached hydrogen (secondary N) is 5. The number of aromatic amines is 1. The smallest absolute Gasteiger partial charge is 0.329 e. The number of carbonyl (C=O) groups excluding carboxylic acids is 7. The number of nitrogens with zero attached hydrogens (tertiary/aromatic N) is 12. The van der Waals surface area contributed by atoms with Gasteiger partial charge in [0.05, 0.1) is 79.5 Å². The van der Waals surface area contributed by atoms with Crippen LogP contribution >= 0.6 is 0 Å². The molecule has 9 heterocycles. The molecule has 3 saturated heterocycles. The molecule has 36 heteroatoms. The number of aliphatic hydroxyl groups excluding tert-OH is 2. The highest BCUT2D eigenvalue weighted by Gasteiger charge is 2.50. The van der Waals surface area contributed by atoms with Crippen molar-refractivity contribution in [1.29, 1.82) is 5.41 Å². The number of ether oxygens (including phenoxy) is 6. The van der Waals surface area contributed by atoms with E-state index in [1.165, 1.54) is 31.7 Å². The molecular weight excluding hydrogens is 1580 g/mol. The molecule has 0 radical (unpaired) electrons. The molecule has 1 aromatic carbocycles. The number of hydrogen-bond donors (Lipinski definition) is 11. The largest absolute Gasteiger partial charge is 0.508 e. The number of piperazine rings is 1. The standard InChI is InChI=1S/C87H119N19O17/c1-52-16-9-8-10-17-53(2)70(118-6)44-62-18-15-25-87(117,123-62)79(113)83(115)105-29-14-11-19-68(105)84(116)122-71(45-69(108)54(3)39-56(5)77(111)78(112)76(110)55(4)38-52)63(88)40-57-20-23-67(72(41-57)119-7)106-50-66(101-102-106)59-46-94-85(95-47-59)103-30-32-104(33-31-103)86-96-48-60(49-97-86)82(114)93-28-35-121-37-36-120-34-24-73(109)91-26-12-13-27-92-81-74(80(90)98-51-99-81)75(89)65-43-58-42-61(107)21-22-64(58)100-65/h8-10,16-17,21-22,39,42-43,46-52,54-55,57,62-63,67-68,70-72,77-78,89,100,107,111-112,117H,11-15,18-20,23-38,40-41,44-45,88H2,1-7H3,(H,91,109)(H,93,114)(H3,90,92,98,99)/b10-8+,16-9+,53-17+,56-39+,89-75?/t52-,54-,55-,57+,62+,63-,67?,68+,70+,71+,72-,77-,78+,87-/m1/s1. The summed E-state index contributed by atoms with van der Waals surface area (Å²) in [6.07, 6.45) is 19.9. The van der Waals surface area contributed by atoms with Gasteiger partial charge in [-0.25, -0.2) is 39.4 Å². The number of phenols is 1. The summed E-state index contributed by atoms with van der Waals surface area (Å²) < 4.78 is 37.4. The molecule has 11 rings (SSSR count). The second kappa shape index (κ2) is 44.6. The minimum Gasteiger partial charge on any atom is -0.508 e. The maximum atomic E-state index is 14.7. The van der Waals surface area contributed by atoms with Crippen LogP contribution in [0.15, 0.2) is 109 Å². The SMILES string of the molecule is CO[C@H]1C[C@@H]2CCC[C@@](O)(O2)C(=O)C(=O)N2CCCC[C@H]2C(=O)O[C@H]([C@H](N)C[C@@H]2CCC(n3cc(-c4cnc(N5CCN(c6ncc(C(=O)NCCOCCOCCC(=O)NCCCCNc7ncnc(N)c7C(=N)c7cc8cc(O)ccc8[nH]7)cn6)CC5)nc4)nn3)[C@H](OC)C2)CC(=O)[C@H](C)/C=C(\C)[C@@H](O)[C@@H](O)C(=O)[C@H](C)C[C@H](C)/C=C/C=C/C=C/1C. The number of nitrogen functional groups attached to an aromatic ring is 1. The third kappa shape index (κ3) is 25.1. The first-order chi connectivity index (χ1) is 59.2. The highest BCUT2D eigenvalue weighted by atomic mass is 16.6. The van der Waals surface area contributed by atoms with Crippen LogP contribution in [0.4, 0.5) is 23.5 Å². The zero-order valence-electron chi connectivity index (χ0n) is 71.2. The van der Waals surface area contributed by atoms with Crippen molar-refractivity contribution in [3.05, 3.63) is 126 Å². The van der Waals surface area contributed by atoms with Gasteiger partial charge in [0.15, 0.2) is 5.78 Å².